The molecule has 0 aliphatic carbocycles. The predicted molar refractivity (Wildman–Crippen MR) is 59.7 cm³/mol. The van der Waals surface area contributed by atoms with Crippen molar-refractivity contribution in [1.29, 1.82) is 0 Å². The van der Waals surface area contributed by atoms with E-state index in [0.717, 1.165) is 24.1 Å². The molecule has 0 amide bonds. The maximum absolute atomic E-state index is 5.69. The zero-order valence-corrected chi connectivity index (χ0v) is 8.83. The second kappa shape index (κ2) is 4.31. The number of nitrogen functional groups attached to an aromatic ring is 1. The summed E-state index contributed by atoms with van der Waals surface area (Å²) in [6.07, 6.45) is 5.32. The number of hydrogen-bond acceptors (Lipinski definition) is 3. The molecule has 0 aliphatic heterocycles. The fourth-order valence-electron chi connectivity index (χ4n) is 1.33. The van der Waals surface area contributed by atoms with Crippen molar-refractivity contribution in [3.05, 3.63) is 40.9 Å². The van der Waals surface area contributed by atoms with Gasteiger partial charge in [-0.05, 0) is 24.5 Å². The minimum absolute atomic E-state index is 0.458. The van der Waals surface area contributed by atoms with Crippen LogP contribution >= 0.6 is 11.6 Å². The van der Waals surface area contributed by atoms with Gasteiger partial charge in [0.05, 0.1) is 5.69 Å². The zero-order chi connectivity index (χ0) is 10.7. The molecule has 2 heterocycles. The molecule has 0 bridgehead atoms. The van der Waals surface area contributed by atoms with Crippen molar-refractivity contribution in [2.75, 3.05) is 5.73 Å². The highest BCUT2D eigenvalue weighted by Crippen LogP contribution is 2.08. The van der Waals surface area contributed by atoms with Gasteiger partial charge >= 0.3 is 0 Å². The van der Waals surface area contributed by atoms with Crippen LogP contribution in [0.2, 0.25) is 5.15 Å². The summed E-state index contributed by atoms with van der Waals surface area (Å²) in [5, 5.41) is 0.516. The van der Waals surface area contributed by atoms with Crippen LogP contribution in [0.1, 0.15) is 11.3 Å². The van der Waals surface area contributed by atoms with Gasteiger partial charge in [-0.15, -0.1) is 0 Å². The van der Waals surface area contributed by atoms with Crippen molar-refractivity contribution in [3.63, 3.8) is 0 Å². The number of nitrogens with two attached hydrogens (primary N) is 1. The number of H-pyrrole nitrogens is 1. The average Bonchev–Trinajstić information content (AvgIpc) is 2.64. The first-order valence-corrected chi connectivity index (χ1v) is 5.02. The van der Waals surface area contributed by atoms with Crippen LogP contribution in [0.4, 0.5) is 5.95 Å². The first-order valence-electron chi connectivity index (χ1n) is 4.64. The summed E-state index contributed by atoms with van der Waals surface area (Å²) in [6.45, 7) is 0. The van der Waals surface area contributed by atoms with Crippen molar-refractivity contribution in [1.82, 2.24) is 15.0 Å². The Kier molecular flexibility index (Phi) is 2.87. The Morgan fingerprint density at radius 3 is 2.80 bits per heavy atom. The molecule has 0 unspecified atom stereocenters. The number of nitrogens with one attached hydrogen (secondary N) is 1. The van der Waals surface area contributed by atoms with Gasteiger partial charge in [0.2, 0.25) is 0 Å². The average molecular weight is 223 g/mol. The smallest absolute Gasteiger partial charge is 0.197 e. The molecule has 15 heavy (non-hydrogen) atoms. The number of imidazole rings is 1. The third kappa shape index (κ3) is 2.70. The van der Waals surface area contributed by atoms with Crippen LogP contribution in [-0.2, 0) is 12.8 Å². The van der Waals surface area contributed by atoms with Crippen LogP contribution in [-0.4, -0.2) is 15.0 Å². The van der Waals surface area contributed by atoms with Crippen LogP contribution in [0.15, 0.2) is 24.5 Å². The fourth-order valence-corrected chi connectivity index (χ4v) is 1.44. The summed E-state index contributed by atoms with van der Waals surface area (Å²) >= 11 is 5.69. The Balaban J connectivity index is 1.96. The molecular formula is C10H11ClN4. The second-order valence-corrected chi connectivity index (χ2v) is 3.65. The number of pyridine rings is 1. The number of halogens is 1. The maximum Gasteiger partial charge on any atom is 0.197 e. The molecule has 0 saturated heterocycles. The molecule has 0 aromatic carbocycles. The van der Waals surface area contributed by atoms with Crippen LogP contribution in [0, 0.1) is 0 Å². The van der Waals surface area contributed by atoms with E-state index in [4.69, 9.17) is 17.3 Å². The largest absolute Gasteiger partial charge is 0.369 e. The summed E-state index contributed by atoms with van der Waals surface area (Å²) in [6, 6.07) is 3.75. The lowest BCUT2D eigenvalue weighted by atomic mass is 10.1. The fraction of sp³-hybridized carbons (Fsp3) is 0.200. The highest BCUT2D eigenvalue weighted by molar-refractivity contribution is 6.29. The third-order valence-corrected chi connectivity index (χ3v) is 2.33. The minimum Gasteiger partial charge on any atom is -0.369 e. The van der Waals surface area contributed by atoms with E-state index in [0.29, 0.717) is 11.1 Å². The molecule has 3 N–H and O–H groups in total. The first-order chi connectivity index (χ1) is 7.24. The van der Waals surface area contributed by atoms with Crippen molar-refractivity contribution >= 4 is 17.5 Å². The van der Waals surface area contributed by atoms with Crippen LogP contribution in [0.3, 0.4) is 0 Å². The molecule has 0 aliphatic rings. The van der Waals surface area contributed by atoms with Crippen molar-refractivity contribution < 1.29 is 0 Å². The predicted octanol–water partition coefficient (Wildman–Crippen LogP) is 1.83. The number of aryl methyl sites for hydroxylation is 2. The van der Waals surface area contributed by atoms with E-state index in [1.807, 2.05) is 12.3 Å². The van der Waals surface area contributed by atoms with Crippen LogP contribution in [0.25, 0.3) is 0 Å². The van der Waals surface area contributed by atoms with Gasteiger partial charge in [-0.3, -0.25) is 0 Å². The number of nitrogens with zero attached hydrogens (tertiary/aromatic N) is 2. The topological polar surface area (TPSA) is 67.6 Å². The lowest BCUT2D eigenvalue weighted by Gasteiger charge is -1.98. The molecule has 2 aromatic rings. The van der Waals surface area contributed by atoms with E-state index in [2.05, 4.69) is 15.0 Å². The molecule has 0 spiro atoms. The molecular weight excluding hydrogens is 212 g/mol. The van der Waals surface area contributed by atoms with Crippen molar-refractivity contribution in [3.8, 4) is 0 Å². The monoisotopic (exact) mass is 222 g/mol. The summed E-state index contributed by atoms with van der Waals surface area (Å²) < 4.78 is 0. The molecule has 5 heteroatoms. The highest BCUT2D eigenvalue weighted by atomic mass is 35.5. The van der Waals surface area contributed by atoms with Gasteiger partial charge in [0.1, 0.15) is 5.15 Å². The highest BCUT2D eigenvalue weighted by Gasteiger charge is 1.99. The van der Waals surface area contributed by atoms with Gasteiger partial charge < -0.3 is 10.7 Å². The Hall–Kier alpha value is -1.55. The van der Waals surface area contributed by atoms with Gasteiger partial charge in [0.25, 0.3) is 0 Å². The SMILES string of the molecule is Nc1nc(CCc2ccc(Cl)nc2)c[nH]1. The standard InChI is InChI=1S/C10H11ClN4/c11-9-4-2-7(5-13-9)1-3-8-6-14-10(12)15-8/h2,4-6H,1,3H2,(H3,12,14,15). The van der Waals surface area contributed by atoms with Gasteiger partial charge in [-0.25, -0.2) is 9.97 Å². The lowest BCUT2D eigenvalue weighted by Crippen LogP contribution is -1.93. The van der Waals surface area contributed by atoms with Crippen molar-refractivity contribution in [2.45, 2.75) is 12.8 Å². The number of aromatic nitrogens is 3. The van der Waals surface area contributed by atoms with E-state index in [-0.39, 0.29) is 0 Å². The van der Waals surface area contributed by atoms with E-state index in [1.54, 1.807) is 12.3 Å². The summed E-state index contributed by atoms with van der Waals surface area (Å²) in [5.74, 6) is 0.458. The molecule has 0 radical (unpaired) electrons. The van der Waals surface area contributed by atoms with Gasteiger partial charge in [0, 0.05) is 12.4 Å². The van der Waals surface area contributed by atoms with Gasteiger partial charge in [0.15, 0.2) is 5.95 Å². The van der Waals surface area contributed by atoms with Gasteiger partial charge in [-0.1, -0.05) is 17.7 Å². The second-order valence-electron chi connectivity index (χ2n) is 3.27. The van der Waals surface area contributed by atoms with E-state index in [1.165, 1.54) is 0 Å². The molecule has 2 aromatic heterocycles. The Morgan fingerprint density at radius 1 is 1.33 bits per heavy atom. The van der Waals surface area contributed by atoms with Gasteiger partial charge in [-0.2, -0.15) is 0 Å². The quantitative estimate of drug-likeness (QED) is 0.779. The maximum atomic E-state index is 5.69. The zero-order valence-electron chi connectivity index (χ0n) is 8.07. The normalized spacial score (nSPS) is 10.5. The summed E-state index contributed by atoms with van der Waals surface area (Å²) in [5.41, 5.74) is 7.57. The molecule has 0 saturated carbocycles. The molecule has 0 atom stereocenters. The number of anilines is 1. The number of hydrogen-bond donors (Lipinski definition) is 2. The van der Waals surface area contributed by atoms with Crippen LogP contribution < -0.4 is 5.73 Å². The number of rotatable bonds is 3. The molecule has 0 fully saturated rings. The Bertz CT molecular complexity index is 435. The van der Waals surface area contributed by atoms with E-state index < -0.39 is 0 Å². The number of aromatic amines is 1. The van der Waals surface area contributed by atoms with E-state index in [9.17, 15) is 0 Å². The third-order valence-electron chi connectivity index (χ3n) is 2.11. The van der Waals surface area contributed by atoms with Crippen molar-refractivity contribution in [2.24, 2.45) is 0 Å². The first kappa shape index (κ1) is 9.98. The summed E-state index contributed by atoms with van der Waals surface area (Å²) in [4.78, 5) is 11.0. The Labute approximate surface area is 92.5 Å². The van der Waals surface area contributed by atoms with Crippen LogP contribution in [0.5, 0.6) is 0 Å². The lowest BCUT2D eigenvalue weighted by molar-refractivity contribution is 0.919. The molecule has 4 nitrogen and oxygen atoms in total. The molecule has 78 valence electrons. The minimum atomic E-state index is 0.458. The Morgan fingerprint density at radius 2 is 2.20 bits per heavy atom. The van der Waals surface area contributed by atoms with E-state index >= 15 is 0 Å². The summed E-state index contributed by atoms with van der Waals surface area (Å²) in [7, 11) is 0. The molecule has 2 rings (SSSR count).